The van der Waals surface area contributed by atoms with Crippen molar-refractivity contribution in [1.29, 1.82) is 0 Å². The van der Waals surface area contributed by atoms with E-state index < -0.39 is 0 Å². The number of likely N-dealkylation sites (N-methyl/N-ethyl adjacent to an activating group) is 1. The predicted molar refractivity (Wildman–Crippen MR) is 98.3 cm³/mol. The second kappa shape index (κ2) is 9.40. The smallest absolute Gasteiger partial charge is 0.236 e. The van der Waals surface area contributed by atoms with Crippen LogP contribution in [-0.4, -0.2) is 56.0 Å². The molecule has 0 aromatic heterocycles. The van der Waals surface area contributed by atoms with E-state index in [1.54, 1.807) is 0 Å². The molecule has 1 N–H and O–H groups in total. The van der Waals surface area contributed by atoms with E-state index in [0.29, 0.717) is 13.1 Å². The van der Waals surface area contributed by atoms with E-state index >= 15 is 0 Å². The second-order valence-electron chi connectivity index (χ2n) is 6.45. The standard InChI is InChI=1S/C18H28BrN3O/c1-20-10-7-15-8-11-22(12-9-15)14-18(23)21(2)13-16-5-3-4-6-17(16)19/h3-6,15,20H,7-14H2,1-2H3. The number of rotatable bonds is 7. The quantitative estimate of drug-likeness (QED) is 0.788. The molecule has 1 heterocycles. The van der Waals surface area contributed by atoms with Crippen molar-refractivity contribution in [1.82, 2.24) is 15.1 Å². The summed E-state index contributed by atoms with van der Waals surface area (Å²) in [6.07, 6.45) is 3.67. The first-order valence-electron chi connectivity index (χ1n) is 8.44. The maximum Gasteiger partial charge on any atom is 0.236 e. The molecule has 2 rings (SSSR count). The Morgan fingerprint density at radius 1 is 1.35 bits per heavy atom. The lowest BCUT2D eigenvalue weighted by molar-refractivity contribution is -0.132. The van der Waals surface area contributed by atoms with Crippen molar-refractivity contribution in [2.45, 2.75) is 25.8 Å². The summed E-state index contributed by atoms with van der Waals surface area (Å²) in [6, 6.07) is 8.08. The predicted octanol–water partition coefficient (Wildman–Crippen LogP) is 2.73. The van der Waals surface area contributed by atoms with Crippen LogP contribution in [0, 0.1) is 5.92 Å². The molecule has 1 fully saturated rings. The van der Waals surface area contributed by atoms with Crippen LogP contribution in [-0.2, 0) is 11.3 Å². The zero-order valence-corrected chi connectivity index (χ0v) is 15.8. The van der Waals surface area contributed by atoms with Crippen LogP contribution in [0.4, 0.5) is 0 Å². The molecule has 0 bridgehead atoms. The van der Waals surface area contributed by atoms with Gasteiger partial charge in [-0.2, -0.15) is 0 Å². The Kier molecular flexibility index (Phi) is 7.53. The van der Waals surface area contributed by atoms with Crippen LogP contribution < -0.4 is 5.32 Å². The van der Waals surface area contributed by atoms with Crippen molar-refractivity contribution in [3.05, 3.63) is 34.3 Å². The molecule has 0 aliphatic carbocycles. The van der Waals surface area contributed by atoms with Crippen LogP contribution in [0.2, 0.25) is 0 Å². The van der Waals surface area contributed by atoms with E-state index in [9.17, 15) is 4.79 Å². The molecule has 0 atom stereocenters. The number of halogens is 1. The highest BCUT2D eigenvalue weighted by atomic mass is 79.9. The molecule has 1 aromatic rings. The highest BCUT2D eigenvalue weighted by molar-refractivity contribution is 9.10. The summed E-state index contributed by atoms with van der Waals surface area (Å²) in [5.74, 6) is 1.02. The molecule has 1 saturated heterocycles. The summed E-state index contributed by atoms with van der Waals surface area (Å²) < 4.78 is 1.06. The third kappa shape index (κ3) is 5.90. The number of hydrogen-bond donors (Lipinski definition) is 1. The van der Waals surface area contributed by atoms with Gasteiger partial charge in [-0.05, 0) is 63.5 Å². The average Bonchev–Trinajstić information content (AvgIpc) is 2.56. The van der Waals surface area contributed by atoms with E-state index in [1.807, 2.05) is 37.2 Å². The lowest BCUT2D eigenvalue weighted by Crippen LogP contribution is -2.42. The average molecular weight is 382 g/mol. The molecule has 1 amide bonds. The minimum absolute atomic E-state index is 0.203. The van der Waals surface area contributed by atoms with Crippen molar-refractivity contribution >= 4 is 21.8 Å². The molecule has 0 unspecified atom stereocenters. The van der Waals surface area contributed by atoms with Gasteiger partial charge in [-0.1, -0.05) is 34.1 Å². The molecular formula is C18H28BrN3O. The topological polar surface area (TPSA) is 35.6 Å². The molecule has 4 nitrogen and oxygen atoms in total. The molecule has 0 saturated carbocycles. The van der Waals surface area contributed by atoms with Gasteiger partial charge in [-0.25, -0.2) is 0 Å². The zero-order valence-electron chi connectivity index (χ0n) is 14.2. The maximum atomic E-state index is 12.4. The minimum Gasteiger partial charge on any atom is -0.340 e. The van der Waals surface area contributed by atoms with Crippen LogP contribution in [0.15, 0.2) is 28.7 Å². The van der Waals surface area contributed by atoms with Gasteiger partial charge in [0.1, 0.15) is 0 Å². The van der Waals surface area contributed by atoms with Crippen molar-refractivity contribution in [2.75, 3.05) is 40.3 Å². The van der Waals surface area contributed by atoms with E-state index in [2.05, 4.69) is 32.2 Å². The molecule has 0 radical (unpaired) electrons. The number of carbonyl (C=O) groups is 1. The first-order valence-corrected chi connectivity index (χ1v) is 9.23. The van der Waals surface area contributed by atoms with E-state index in [0.717, 1.165) is 35.6 Å². The molecule has 1 aliphatic rings. The SMILES string of the molecule is CNCCC1CCN(CC(=O)N(C)Cc2ccccc2Br)CC1. The molecule has 1 aliphatic heterocycles. The summed E-state index contributed by atoms with van der Waals surface area (Å²) >= 11 is 3.55. The zero-order chi connectivity index (χ0) is 16.7. The normalized spacial score (nSPS) is 16.5. The van der Waals surface area contributed by atoms with Gasteiger partial charge < -0.3 is 10.2 Å². The Hall–Kier alpha value is -0.910. The monoisotopic (exact) mass is 381 g/mol. The third-order valence-electron chi connectivity index (χ3n) is 4.66. The molecular weight excluding hydrogens is 354 g/mol. The van der Waals surface area contributed by atoms with Crippen LogP contribution >= 0.6 is 15.9 Å². The van der Waals surface area contributed by atoms with Crippen LogP contribution in [0.25, 0.3) is 0 Å². The molecule has 5 heteroatoms. The first kappa shape index (κ1) is 18.4. The van der Waals surface area contributed by atoms with Crippen molar-refractivity contribution in [2.24, 2.45) is 5.92 Å². The number of amides is 1. The molecule has 23 heavy (non-hydrogen) atoms. The summed E-state index contributed by atoms with van der Waals surface area (Å²) in [7, 11) is 3.90. The summed E-state index contributed by atoms with van der Waals surface area (Å²) in [5, 5.41) is 3.22. The largest absolute Gasteiger partial charge is 0.340 e. The first-order chi connectivity index (χ1) is 11.1. The van der Waals surface area contributed by atoms with Gasteiger partial charge in [-0.15, -0.1) is 0 Å². The van der Waals surface area contributed by atoms with Gasteiger partial charge in [0.2, 0.25) is 5.91 Å². The summed E-state index contributed by atoms with van der Waals surface area (Å²) in [4.78, 5) is 16.6. The lowest BCUT2D eigenvalue weighted by atomic mass is 9.93. The number of likely N-dealkylation sites (tertiary alicyclic amines) is 1. The van der Waals surface area contributed by atoms with Gasteiger partial charge in [0.15, 0.2) is 0 Å². The number of carbonyl (C=O) groups excluding carboxylic acids is 1. The van der Waals surface area contributed by atoms with E-state index in [1.165, 1.54) is 19.3 Å². The van der Waals surface area contributed by atoms with Crippen molar-refractivity contribution < 1.29 is 4.79 Å². The molecule has 0 spiro atoms. The van der Waals surface area contributed by atoms with Gasteiger partial charge in [0.25, 0.3) is 0 Å². The fourth-order valence-electron chi connectivity index (χ4n) is 3.06. The lowest BCUT2D eigenvalue weighted by Gasteiger charge is -2.32. The van der Waals surface area contributed by atoms with E-state index in [4.69, 9.17) is 0 Å². The molecule has 128 valence electrons. The van der Waals surface area contributed by atoms with Gasteiger partial charge in [0.05, 0.1) is 6.54 Å². The summed E-state index contributed by atoms with van der Waals surface area (Å²) in [6.45, 7) is 4.38. The fourth-order valence-corrected chi connectivity index (χ4v) is 3.47. The fraction of sp³-hybridized carbons (Fsp3) is 0.611. The number of piperidine rings is 1. The highest BCUT2D eigenvalue weighted by Gasteiger charge is 2.21. The Balaban J connectivity index is 1.75. The molecule has 1 aromatic carbocycles. The third-order valence-corrected chi connectivity index (χ3v) is 5.43. The van der Waals surface area contributed by atoms with Gasteiger partial charge in [0, 0.05) is 18.1 Å². The maximum absolute atomic E-state index is 12.4. The van der Waals surface area contributed by atoms with E-state index in [-0.39, 0.29) is 5.91 Å². The van der Waals surface area contributed by atoms with Crippen LogP contribution in [0.3, 0.4) is 0 Å². The number of benzene rings is 1. The Morgan fingerprint density at radius 3 is 2.70 bits per heavy atom. The van der Waals surface area contributed by atoms with Crippen LogP contribution in [0.5, 0.6) is 0 Å². The van der Waals surface area contributed by atoms with Crippen LogP contribution in [0.1, 0.15) is 24.8 Å². The Labute approximate surface area is 148 Å². The van der Waals surface area contributed by atoms with Gasteiger partial charge in [-0.3, -0.25) is 9.69 Å². The van der Waals surface area contributed by atoms with Gasteiger partial charge >= 0.3 is 0 Å². The van der Waals surface area contributed by atoms with Crippen molar-refractivity contribution in [3.63, 3.8) is 0 Å². The number of nitrogens with zero attached hydrogens (tertiary/aromatic N) is 2. The van der Waals surface area contributed by atoms with Crippen molar-refractivity contribution in [3.8, 4) is 0 Å². The summed E-state index contributed by atoms with van der Waals surface area (Å²) in [5.41, 5.74) is 1.15. The minimum atomic E-state index is 0.203. The second-order valence-corrected chi connectivity index (χ2v) is 7.31. The Morgan fingerprint density at radius 2 is 2.04 bits per heavy atom. The Bertz CT molecular complexity index is 501. The number of hydrogen-bond acceptors (Lipinski definition) is 3. The number of nitrogens with one attached hydrogen (secondary N) is 1. The highest BCUT2D eigenvalue weighted by Crippen LogP contribution is 2.20.